The maximum absolute atomic E-state index is 13.9. The Morgan fingerprint density at radius 3 is 2.54 bits per heavy atom. The molecule has 0 bridgehead atoms. The van der Waals surface area contributed by atoms with Crippen LogP contribution in [0.25, 0.3) is 5.70 Å². The van der Waals surface area contributed by atoms with Gasteiger partial charge in [-0.2, -0.15) is 18.3 Å². The molecule has 0 spiro atoms. The Morgan fingerprint density at radius 2 is 2.00 bits per heavy atom. The number of allylic oxidation sites excluding steroid dienone is 1. The largest absolute Gasteiger partial charge is 0.477 e. The molecular formula is C16H14F3N3O2. The maximum Gasteiger partial charge on any atom is 0.417 e. The molecule has 2 aromatic rings. The standard InChI is InChI=1S/C16H14F3N3O2/c1-2-15(16(17,18)19)8-12(10-6-4-3-5-7-10)21-13-11(14(23)24)9-20-22(13)15/h3-9,21H,2H2,1H3,(H,23,24). The molecule has 2 N–H and O–H groups in total. The molecule has 24 heavy (non-hydrogen) atoms. The van der Waals surface area contributed by atoms with E-state index in [2.05, 4.69) is 10.4 Å². The lowest BCUT2D eigenvalue weighted by atomic mass is 9.90. The van der Waals surface area contributed by atoms with Crippen LogP contribution in [0.4, 0.5) is 19.0 Å². The van der Waals surface area contributed by atoms with Crippen molar-refractivity contribution < 1.29 is 23.1 Å². The number of aromatic nitrogens is 2. The highest BCUT2D eigenvalue weighted by Gasteiger charge is 2.57. The van der Waals surface area contributed by atoms with Crippen molar-refractivity contribution in [2.75, 3.05) is 5.32 Å². The van der Waals surface area contributed by atoms with Gasteiger partial charge in [0.05, 0.1) is 6.20 Å². The number of nitrogens with zero attached hydrogens (tertiary/aromatic N) is 2. The van der Waals surface area contributed by atoms with Gasteiger partial charge in [-0.05, 0) is 18.1 Å². The van der Waals surface area contributed by atoms with Crippen molar-refractivity contribution in [3.05, 3.63) is 53.7 Å². The van der Waals surface area contributed by atoms with Gasteiger partial charge in [0.1, 0.15) is 11.4 Å². The summed E-state index contributed by atoms with van der Waals surface area (Å²) in [6.45, 7) is 1.39. The quantitative estimate of drug-likeness (QED) is 0.896. The second kappa shape index (κ2) is 5.40. The van der Waals surface area contributed by atoms with Gasteiger partial charge in [0.25, 0.3) is 0 Å². The molecule has 0 saturated carbocycles. The van der Waals surface area contributed by atoms with Crippen molar-refractivity contribution >= 4 is 17.5 Å². The summed E-state index contributed by atoms with van der Waals surface area (Å²) in [7, 11) is 0. The number of alkyl halides is 3. The number of nitrogens with one attached hydrogen (secondary N) is 1. The van der Waals surface area contributed by atoms with Crippen LogP contribution in [0.5, 0.6) is 0 Å². The van der Waals surface area contributed by atoms with E-state index in [4.69, 9.17) is 0 Å². The molecule has 1 aromatic heterocycles. The van der Waals surface area contributed by atoms with Crippen molar-refractivity contribution in [3.8, 4) is 0 Å². The second-order valence-corrected chi connectivity index (χ2v) is 5.45. The van der Waals surface area contributed by atoms with Crippen LogP contribution in [-0.4, -0.2) is 27.0 Å². The number of hydrogen-bond donors (Lipinski definition) is 2. The van der Waals surface area contributed by atoms with E-state index in [1.807, 2.05) is 0 Å². The van der Waals surface area contributed by atoms with E-state index >= 15 is 0 Å². The highest BCUT2D eigenvalue weighted by atomic mass is 19.4. The fourth-order valence-electron chi connectivity index (χ4n) is 2.82. The van der Waals surface area contributed by atoms with Crippen molar-refractivity contribution in [2.45, 2.75) is 25.1 Å². The zero-order valence-electron chi connectivity index (χ0n) is 12.6. The third kappa shape index (κ3) is 2.26. The Bertz CT molecular complexity index is 812. The molecule has 3 rings (SSSR count). The van der Waals surface area contributed by atoms with Crippen LogP contribution in [0.15, 0.2) is 42.6 Å². The SMILES string of the molecule is CCC1(C(F)(F)F)C=C(c2ccccc2)Nc2c(C(=O)O)cnn21. The molecule has 0 radical (unpaired) electrons. The van der Waals surface area contributed by atoms with Crippen LogP contribution < -0.4 is 5.32 Å². The summed E-state index contributed by atoms with van der Waals surface area (Å²) < 4.78 is 42.4. The number of halogens is 3. The molecule has 2 heterocycles. The van der Waals surface area contributed by atoms with Gasteiger partial charge in [-0.15, -0.1) is 0 Å². The van der Waals surface area contributed by atoms with E-state index in [-0.39, 0.29) is 23.5 Å². The smallest absolute Gasteiger partial charge is 0.417 e. The molecule has 1 aromatic carbocycles. The monoisotopic (exact) mass is 337 g/mol. The van der Waals surface area contributed by atoms with Crippen molar-refractivity contribution in [2.24, 2.45) is 0 Å². The number of carbonyl (C=O) groups is 1. The number of hydrogen-bond acceptors (Lipinski definition) is 3. The Morgan fingerprint density at radius 1 is 1.33 bits per heavy atom. The fraction of sp³-hybridized carbons (Fsp3) is 0.250. The van der Waals surface area contributed by atoms with Gasteiger partial charge >= 0.3 is 12.1 Å². The van der Waals surface area contributed by atoms with Crippen LogP contribution in [0.1, 0.15) is 29.3 Å². The molecule has 1 aliphatic heterocycles. The lowest BCUT2D eigenvalue weighted by Crippen LogP contribution is -2.48. The summed E-state index contributed by atoms with van der Waals surface area (Å²) in [6.07, 6.45) is -2.96. The zero-order chi connectivity index (χ0) is 17.5. The summed E-state index contributed by atoms with van der Waals surface area (Å²) >= 11 is 0. The topological polar surface area (TPSA) is 67.2 Å². The van der Waals surface area contributed by atoms with Gasteiger partial charge in [-0.3, -0.25) is 0 Å². The summed E-state index contributed by atoms with van der Waals surface area (Å²) in [6, 6.07) is 8.45. The maximum atomic E-state index is 13.9. The number of aromatic carboxylic acids is 1. The summed E-state index contributed by atoms with van der Waals surface area (Å²) in [5.41, 5.74) is -1.99. The Balaban J connectivity index is 2.27. The Hall–Kier alpha value is -2.77. The average molecular weight is 337 g/mol. The first-order valence-corrected chi connectivity index (χ1v) is 7.24. The first-order chi connectivity index (χ1) is 11.3. The van der Waals surface area contributed by atoms with Gasteiger partial charge in [0.2, 0.25) is 0 Å². The minimum Gasteiger partial charge on any atom is -0.477 e. The third-order valence-corrected chi connectivity index (χ3v) is 4.13. The van der Waals surface area contributed by atoms with E-state index in [0.29, 0.717) is 10.2 Å². The normalized spacial score (nSPS) is 20.1. The number of anilines is 1. The number of carboxylic acids is 1. The molecule has 0 fully saturated rings. The molecule has 126 valence electrons. The summed E-state index contributed by atoms with van der Waals surface area (Å²) in [5.74, 6) is -1.52. The lowest BCUT2D eigenvalue weighted by molar-refractivity contribution is -0.201. The zero-order valence-corrected chi connectivity index (χ0v) is 12.6. The lowest BCUT2D eigenvalue weighted by Gasteiger charge is -2.38. The summed E-state index contributed by atoms with van der Waals surface area (Å²) in [5, 5.41) is 15.7. The predicted octanol–water partition coefficient (Wildman–Crippen LogP) is 3.72. The predicted molar refractivity (Wildman–Crippen MR) is 81.5 cm³/mol. The van der Waals surface area contributed by atoms with E-state index in [9.17, 15) is 23.1 Å². The Labute approximate surface area is 135 Å². The van der Waals surface area contributed by atoms with Gasteiger partial charge < -0.3 is 10.4 Å². The second-order valence-electron chi connectivity index (χ2n) is 5.45. The van der Waals surface area contributed by atoms with Crippen molar-refractivity contribution in [1.29, 1.82) is 0 Å². The minimum absolute atomic E-state index is 0.178. The van der Waals surface area contributed by atoms with Gasteiger partial charge in [0.15, 0.2) is 5.54 Å². The van der Waals surface area contributed by atoms with Crippen molar-refractivity contribution in [3.63, 3.8) is 0 Å². The number of rotatable bonds is 3. The molecule has 5 nitrogen and oxygen atoms in total. The first kappa shape index (κ1) is 16.1. The van der Waals surface area contributed by atoms with Gasteiger partial charge in [0, 0.05) is 5.70 Å². The van der Waals surface area contributed by atoms with E-state index < -0.39 is 17.7 Å². The number of benzene rings is 1. The highest BCUT2D eigenvalue weighted by molar-refractivity contribution is 5.96. The molecule has 1 atom stereocenters. The van der Waals surface area contributed by atoms with Crippen LogP contribution >= 0.6 is 0 Å². The van der Waals surface area contributed by atoms with E-state index in [0.717, 1.165) is 12.3 Å². The molecule has 0 amide bonds. The van der Waals surface area contributed by atoms with Crippen LogP contribution in [0, 0.1) is 0 Å². The third-order valence-electron chi connectivity index (χ3n) is 4.13. The summed E-state index contributed by atoms with van der Waals surface area (Å²) in [4.78, 5) is 11.3. The fourth-order valence-corrected chi connectivity index (χ4v) is 2.82. The van der Waals surface area contributed by atoms with Crippen LogP contribution in [-0.2, 0) is 5.54 Å². The Kier molecular flexibility index (Phi) is 3.62. The first-order valence-electron chi connectivity index (χ1n) is 7.24. The number of fused-ring (bicyclic) bond motifs is 1. The molecule has 1 aliphatic rings. The number of carboxylic acid groups (broad SMARTS) is 1. The molecule has 1 unspecified atom stereocenters. The van der Waals surface area contributed by atoms with Gasteiger partial charge in [-0.1, -0.05) is 37.3 Å². The van der Waals surface area contributed by atoms with Crippen LogP contribution in [0.3, 0.4) is 0 Å². The van der Waals surface area contributed by atoms with Crippen molar-refractivity contribution in [1.82, 2.24) is 9.78 Å². The van der Waals surface area contributed by atoms with E-state index in [1.54, 1.807) is 30.3 Å². The average Bonchev–Trinajstić information content (AvgIpc) is 2.98. The highest BCUT2D eigenvalue weighted by Crippen LogP contribution is 2.47. The van der Waals surface area contributed by atoms with Gasteiger partial charge in [-0.25, -0.2) is 9.48 Å². The molecule has 0 saturated heterocycles. The molecule has 0 aliphatic carbocycles. The van der Waals surface area contributed by atoms with Crippen LogP contribution in [0.2, 0.25) is 0 Å². The molecule has 8 heteroatoms. The van der Waals surface area contributed by atoms with E-state index in [1.165, 1.54) is 6.92 Å². The minimum atomic E-state index is -4.64. The molecular weight excluding hydrogens is 323 g/mol.